The van der Waals surface area contributed by atoms with Gasteiger partial charge in [-0.2, -0.15) is 5.26 Å². The van der Waals surface area contributed by atoms with Gasteiger partial charge in [-0.3, -0.25) is 0 Å². The standard InChI is InChI=1S/C23H23N3O/c1-3-13-27-19-11-9-17(10-12-19)20-14-22(26-23(25)21(20)15-24)18-7-5-16(4-2)6-8-18/h5-12,14H,3-4,13H2,1-2H3,(H2,25,26). The summed E-state index contributed by atoms with van der Waals surface area (Å²) in [7, 11) is 0. The van der Waals surface area contributed by atoms with E-state index in [4.69, 9.17) is 10.5 Å². The van der Waals surface area contributed by atoms with Crippen LogP contribution in [0.1, 0.15) is 31.4 Å². The zero-order valence-electron chi connectivity index (χ0n) is 15.7. The normalized spacial score (nSPS) is 10.4. The number of anilines is 1. The topological polar surface area (TPSA) is 71.9 Å². The number of aryl methyl sites for hydroxylation is 1. The maximum atomic E-state index is 9.57. The van der Waals surface area contributed by atoms with Crippen LogP contribution in [0, 0.1) is 11.3 Å². The molecule has 0 aliphatic heterocycles. The number of nitrogen functional groups attached to an aromatic ring is 1. The molecule has 0 aliphatic rings. The van der Waals surface area contributed by atoms with Crippen molar-refractivity contribution < 1.29 is 4.74 Å². The summed E-state index contributed by atoms with van der Waals surface area (Å²) < 4.78 is 5.64. The predicted octanol–water partition coefficient (Wildman–Crippen LogP) is 5.22. The van der Waals surface area contributed by atoms with E-state index in [1.165, 1.54) is 5.56 Å². The van der Waals surface area contributed by atoms with Gasteiger partial charge < -0.3 is 10.5 Å². The zero-order chi connectivity index (χ0) is 19.2. The van der Waals surface area contributed by atoms with Gasteiger partial charge in [-0.15, -0.1) is 0 Å². The Kier molecular flexibility index (Phi) is 5.73. The minimum atomic E-state index is 0.246. The number of aromatic nitrogens is 1. The van der Waals surface area contributed by atoms with E-state index in [1.807, 2.05) is 42.5 Å². The molecule has 3 rings (SSSR count). The molecule has 0 radical (unpaired) electrons. The van der Waals surface area contributed by atoms with Gasteiger partial charge in [-0.1, -0.05) is 50.2 Å². The number of hydrogen-bond donors (Lipinski definition) is 1. The molecule has 3 aromatic rings. The Morgan fingerprint density at radius 3 is 2.26 bits per heavy atom. The number of benzene rings is 2. The number of pyridine rings is 1. The molecule has 27 heavy (non-hydrogen) atoms. The average Bonchev–Trinajstić information content (AvgIpc) is 2.72. The van der Waals surface area contributed by atoms with Crippen molar-refractivity contribution in [3.05, 3.63) is 65.7 Å². The fourth-order valence-corrected chi connectivity index (χ4v) is 2.92. The van der Waals surface area contributed by atoms with Crippen LogP contribution in [-0.4, -0.2) is 11.6 Å². The van der Waals surface area contributed by atoms with Crippen LogP contribution in [0.25, 0.3) is 22.4 Å². The molecule has 2 aromatic carbocycles. The van der Waals surface area contributed by atoms with E-state index in [9.17, 15) is 5.26 Å². The summed E-state index contributed by atoms with van der Waals surface area (Å²) in [5.74, 6) is 1.06. The molecule has 0 bridgehead atoms. The van der Waals surface area contributed by atoms with Gasteiger partial charge in [0.2, 0.25) is 0 Å². The Morgan fingerprint density at radius 2 is 1.67 bits per heavy atom. The molecule has 0 spiro atoms. The molecule has 4 heteroatoms. The smallest absolute Gasteiger partial charge is 0.142 e. The lowest BCUT2D eigenvalue weighted by atomic mass is 9.98. The van der Waals surface area contributed by atoms with E-state index in [-0.39, 0.29) is 5.82 Å². The average molecular weight is 357 g/mol. The summed E-state index contributed by atoms with van der Waals surface area (Å²) in [5.41, 5.74) is 11.2. The largest absolute Gasteiger partial charge is 0.494 e. The number of ether oxygens (including phenoxy) is 1. The monoisotopic (exact) mass is 357 g/mol. The molecule has 136 valence electrons. The minimum absolute atomic E-state index is 0.246. The van der Waals surface area contributed by atoms with Crippen molar-refractivity contribution in [2.24, 2.45) is 0 Å². The van der Waals surface area contributed by atoms with Crippen LogP contribution in [-0.2, 0) is 6.42 Å². The molecular formula is C23H23N3O. The lowest BCUT2D eigenvalue weighted by Gasteiger charge is -2.11. The molecule has 0 unspecified atom stereocenters. The quantitative estimate of drug-likeness (QED) is 0.656. The molecule has 0 aliphatic carbocycles. The van der Waals surface area contributed by atoms with Crippen molar-refractivity contribution in [3.63, 3.8) is 0 Å². The molecule has 0 saturated heterocycles. The first-order valence-electron chi connectivity index (χ1n) is 9.19. The number of hydrogen-bond acceptors (Lipinski definition) is 4. The fraction of sp³-hybridized carbons (Fsp3) is 0.217. The van der Waals surface area contributed by atoms with Gasteiger partial charge in [-0.25, -0.2) is 4.98 Å². The van der Waals surface area contributed by atoms with Gasteiger partial charge in [0.25, 0.3) is 0 Å². The van der Waals surface area contributed by atoms with Crippen LogP contribution in [0.5, 0.6) is 5.75 Å². The summed E-state index contributed by atoms with van der Waals surface area (Å²) in [4.78, 5) is 4.44. The zero-order valence-corrected chi connectivity index (χ0v) is 15.7. The molecule has 4 nitrogen and oxygen atoms in total. The number of rotatable bonds is 6. The van der Waals surface area contributed by atoms with Crippen LogP contribution < -0.4 is 10.5 Å². The van der Waals surface area contributed by atoms with E-state index in [1.54, 1.807) is 0 Å². The molecule has 0 fully saturated rings. The highest BCUT2D eigenvalue weighted by Crippen LogP contribution is 2.32. The van der Waals surface area contributed by atoms with Gasteiger partial charge in [0, 0.05) is 11.1 Å². The van der Waals surface area contributed by atoms with Gasteiger partial charge in [0.05, 0.1) is 12.3 Å². The van der Waals surface area contributed by atoms with Crippen LogP contribution in [0.15, 0.2) is 54.6 Å². The molecule has 1 aromatic heterocycles. The Labute approximate surface area is 160 Å². The highest BCUT2D eigenvalue weighted by molar-refractivity contribution is 5.80. The van der Waals surface area contributed by atoms with Crippen LogP contribution >= 0.6 is 0 Å². The highest BCUT2D eigenvalue weighted by Gasteiger charge is 2.13. The molecule has 0 atom stereocenters. The molecule has 0 amide bonds. The van der Waals surface area contributed by atoms with Crippen molar-refractivity contribution in [1.29, 1.82) is 5.26 Å². The van der Waals surface area contributed by atoms with E-state index in [0.717, 1.165) is 41.0 Å². The Balaban J connectivity index is 2.03. The van der Waals surface area contributed by atoms with Gasteiger partial charge in [-0.05, 0) is 42.2 Å². The van der Waals surface area contributed by atoms with E-state index in [0.29, 0.717) is 12.2 Å². The summed E-state index contributed by atoms with van der Waals surface area (Å²) in [6.07, 6.45) is 1.95. The van der Waals surface area contributed by atoms with Crippen molar-refractivity contribution in [2.45, 2.75) is 26.7 Å². The third-order valence-corrected chi connectivity index (χ3v) is 4.46. The first-order chi connectivity index (χ1) is 13.2. The third-order valence-electron chi connectivity index (χ3n) is 4.46. The first kappa shape index (κ1) is 18.5. The van der Waals surface area contributed by atoms with Crippen molar-refractivity contribution >= 4 is 5.82 Å². The van der Waals surface area contributed by atoms with Crippen LogP contribution in [0.2, 0.25) is 0 Å². The second-order valence-corrected chi connectivity index (χ2v) is 6.35. The maximum absolute atomic E-state index is 9.57. The highest BCUT2D eigenvalue weighted by atomic mass is 16.5. The lowest BCUT2D eigenvalue weighted by Crippen LogP contribution is -2.00. The first-order valence-corrected chi connectivity index (χ1v) is 9.19. The van der Waals surface area contributed by atoms with Crippen LogP contribution in [0.4, 0.5) is 5.82 Å². The van der Waals surface area contributed by atoms with Gasteiger partial charge >= 0.3 is 0 Å². The minimum Gasteiger partial charge on any atom is -0.494 e. The fourth-order valence-electron chi connectivity index (χ4n) is 2.92. The molecule has 1 heterocycles. The second kappa shape index (κ2) is 8.37. The lowest BCUT2D eigenvalue weighted by molar-refractivity contribution is 0.317. The van der Waals surface area contributed by atoms with Crippen molar-refractivity contribution in [3.8, 4) is 34.2 Å². The van der Waals surface area contributed by atoms with Gasteiger partial charge in [0.15, 0.2) is 0 Å². The van der Waals surface area contributed by atoms with E-state index >= 15 is 0 Å². The van der Waals surface area contributed by atoms with Crippen molar-refractivity contribution in [2.75, 3.05) is 12.3 Å². The summed E-state index contributed by atoms with van der Waals surface area (Å²) >= 11 is 0. The molecule has 0 saturated carbocycles. The maximum Gasteiger partial charge on any atom is 0.142 e. The number of nitrogens with zero attached hydrogens (tertiary/aromatic N) is 2. The van der Waals surface area contributed by atoms with Gasteiger partial charge in [0.1, 0.15) is 23.2 Å². The van der Waals surface area contributed by atoms with Crippen molar-refractivity contribution in [1.82, 2.24) is 4.98 Å². The predicted molar refractivity (Wildman–Crippen MR) is 109 cm³/mol. The summed E-state index contributed by atoms with van der Waals surface area (Å²) in [6, 6.07) is 20.1. The second-order valence-electron chi connectivity index (χ2n) is 6.35. The Hall–Kier alpha value is -3.32. The third kappa shape index (κ3) is 4.09. The SMILES string of the molecule is CCCOc1ccc(-c2cc(-c3ccc(CC)cc3)nc(N)c2C#N)cc1. The molecule has 2 N–H and O–H groups in total. The Bertz CT molecular complexity index is 955. The number of nitrogens with two attached hydrogens (primary N) is 1. The summed E-state index contributed by atoms with van der Waals surface area (Å²) in [5, 5.41) is 9.57. The van der Waals surface area contributed by atoms with E-state index < -0.39 is 0 Å². The summed E-state index contributed by atoms with van der Waals surface area (Å²) in [6.45, 7) is 4.88. The van der Waals surface area contributed by atoms with E-state index in [2.05, 4.69) is 37.0 Å². The Morgan fingerprint density at radius 1 is 1.00 bits per heavy atom. The van der Waals surface area contributed by atoms with Crippen LogP contribution in [0.3, 0.4) is 0 Å². The molecular weight excluding hydrogens is 334 g/mol. The number of nitriles is 1.